The topological polar surface area (TPSA) is 98.6 Å². The summed E-state index contributed by atoms with van der Waals surface area (Å²) in [5.41, 5.74) is 1.60. The second-order valence-electron chi connectivity index (χ2n) is 7.91. The number of nitrogens with zero attached hydrogens (tertiary/aromatic N) is 4. The van der Waals surface area contributed by atoms with Crippen LogP contribution in [0.2, 0.25) is 0 Å². The molecule has 0 spiro atoms. The number of hydrogen-bond acceptors (Lipinski definition) is 6. The molecule has 0 aliphatic carbocycles. The summed E-state index contributed by atoms with van der Waals surface area (Å²) in [6.45, 7) is 1.57. The molecule has 1 aliphatic rings. The second kappa shape index (κ2) is 10.2. The SMILES string of the molecule is COc1cc(OC)cc(C(=O)N2CCC(C(=O)Nc3ncn(Cc4ccccc4)n3)CC2)c1. The number of carbonyl (C=O) groups is 2. The van der Waals surface area contributed by atoms with E-state index in [0.29, 0.717) is 49.5 Å². The van der Waals surface area contributed by atoms with E-state index in [1.807, 2.05) is 30.3 Å². The molecule has 1 aromatic heterocycles. The third-order valence-corrected chi connectivity index (χ3v) is 5.71. The Labute approximate surface area is 192 Å². The highest BCUT2D eigenvalue weighted by Gasteiger charge is 2.28. The maximum Gasteiger partial charge on any atom is 0.254 e. The number of ether oxygens (including phenoxy) is 2. The maximum absolute atomic E-state index is 12.9. The number of likely N-dealkylation sites (tertiary alicyclic amines) is 1. The van der Waals surface area contributed by atoms with E-state index < -0.39 is 0 Å². The molecule has 0 radical (unpaired) electrons. The van der Waals surface area contributed by atoms with Gasteiger partial charge in [-0.15, -0.1) is 5.10 Å². The monoisotopic (exact) mass is 449 g/mol. The van der Waals surface area contributed by atoms with Crippen molar-refractivity contribution in [2.24, 2.45) is 5.92 Å². The van der Waals surface area contributed by atoms with Crippen molar-refractivity contribution in [2.45, 2.75) is 19.4 Å². The highest BCUT2D eigenvalue weighted by molar-refractivity contribution is 5.95. The molecule has 2 heterocycles. The smallest absolute Gasteiger partial charge is 0.254 e. The second-order valence-corrected chi connectivity index (χ2v) is 7.91. The molecule has 1 aliphatic heterocycles. The third-order valence-electron chi connectivity index (χ3n) is 5.71. The van der Waals surface area contributed by atoms with Gasteiger partial charge in [0.05, 0.1) is 20.8 Å². The normalized spacial score (nSPS) is 14.1. The van der Waals surface area contributed by atoms with Gasteiger partial charge in [-0.25, -0.2) is 9.67 Å². The average molecular weight is 450 g/mol. The van der Waals surface area contributed by atoms with Gasteiger partial charge in [0.15, 0.2) is 0 Å². The molecule has 0 saturated carbocycles. The van der Waals surface area contributed by atoms with E-state index in [1.165, 1.54) is 0 Å². The van der Waals surface area contributed by atoms with Crippen LogP contribution in [-0.2, 0) is 11.3 Å². The van der Waals surface area contributed by atoms with Crippen molar-refractivity contribution in [1.82, 2.24) is 19.7 Å². The molecule has 1 N–H and O–H groups in total. The minimum atomic E-state index is -0.199. The number of anilines is 1. The van der Waals surface area contributed by atoms with Crippen molar-refractivity contribution >= 4 is 17.8 Å². The predicted octanol–water partition coefficient (Wildman–Crippen LogP) is 2.83. The van der Waals surface area contributed by atoms with Crippen molar-refractivity contribution in [3.63, 3.8) is 0 Å². The van der Waals surface area contributed by atoms with Crippen LogP contribution >= 0.6 is 0 Å². The molecule has 4 rings (SSSR count). The Hall–Kier alpha value is -3.88. The molecule has 9 nitrogen and oxygen atoms in total. The summed E-state index contributed by atoms with van der Waals surface area (Å²) >= 11 is 0. The fraction of sp³-hybridized carbons (Fsp3) is 0.333. The zero-order chi connectivity index (χ0) is 23.2. The van der Waals surface area contributed by atoms with Crippen LogP contribution < -0.4 is 14.8 Å². The van der Waals surface area contributed by atoms with Gasteiger partial charge in [-0.05, 0) is 30.5 Å². The van der Waals surface area contributed by atoms with Gasteiger partial charge >= 0.3 is 0 Å². The number of nitrogens with one attached hydrogen (secondary N) is 1. The van der Waals surface area contributed by atoms with Crippen LogP contribution in [0, 0.1) is 5.92 Å². The number of benzene rings is 2. The Kier molecular flexibility index (Phi) is 6.87. The molecule has 1 fully saturated rings. The van der Waals surface area contributed by atoms with Crippen LogP contribution in [0.4, 0.5) is 5.95 Å². The zero-order valence-electron chi connectivity index (χ0n) is 18.7. The highest BCUT2D eigenvalue weighted by atomic mass is 16.5. The Bertz CT molecular complexity index is 1080. The number of aromatic nitrogens is 3. The number of rotatable bonds is 7. The molecule has 172 valence electrons. The van der Waals surface area contributed by atoms with Crippen LogP contribution in [0.3, 0.4) is 0 Å². The molecular weight excluding hydrogens is 422 g/mol. The molecule has 2 amide bonds. The van der Waals surface area contributed by atoms with E-state index in [9.17, 15) is 9.59 Å². The van der Waals surface area contributed by atoms with Gasteiger partial charge < -0.3 is 14.4 Å². The van der Waals surface area contributed by atoms with Gasteiger partial charge in [-0.3, -0.25) is 14.9 Å². The van der Waals surface area contributed by atoms with Crippen LogP contribution in [0.1, 0.15) is 28.8 Å². The first-order chi connectivity index (χ1) is 16.1. The first-order valence-electron chi connectivity index (χ1n) is 10.8. The standard InChI is InChI=1S/C24H27N5O4/c1-32-20-12-19(13-21(14-20)33-2)23(31)28-10-8-18(9-11-28)22(30)26-24-25-16-29(27-24)15-17-6-4-3-5-7-17/h3-7,12-14,16,18H,8-11,15H2,1-2H3,(H,26,27,30). The molecule has 0 bridgehead atoms. The number of methoxy groups -OCH3 is 2. The van der Waals surface area contributed by atoms with E-state index in [2.05, 4.69) is 15.4 Å². The molecule has 0 atom stereocenters. The van der Waals surface area contributed by atoms with Crippen LogP contribution in [0.5, 0.6) is 11.5 Å². The zero-order valence-corrected chi connectivity index (χ0v) is 18.7. The first kappa shape index (κ1) is 22.3. The van der Waals surface area contributed by atoms with E-state index >= 15 is 0 Å². The first-order valence-corrected chi connectivity index (χ1v) is 10.8. The quantitative estimate of drug-likeness (QED) is 0.596. The van der Waals surface area contributed by atoms with E-state index in [4.69, 9.17) is 9.47 Å². The Morgan fingerprint density at radius 3 is 2.33 bits per heavy atom. The van der Waals surface area contributed by atoms with Crippen molar-refractivity contribution in [3.8, 4) is 11.5 Å². The predicted molar refractivity (Wildman–Crippen MR) is 122 cm³/mol. The lowest BCUT2D eigenvalue weighted by Crippen LogP contribution is -2.41. The lowest BCUT2D eigenvalue weighted by Gasteiger charge is -2.31. The van der Waals surface area contributed by atoms with Gasteiger partial charge in [0.2, 0.25) is 11.9 Å². The molecule has 33 heavy (non-hydrogen) atoms. The summed E-state index contributed by atoms with van der Waals surface area (Å²) in [7, 11) is 3.10. The largest absolute Gasteiger partial charge is 0.497 e. The Morgan fingerprint density at radius 2 is 1.70 bits per heavy atom. The molecule has 0 unspecified atom stereocenters. The highest BCUT2D eigenvalue weighted by Crippen LogP contribution is 2.25. The average Bonchev–Trinajstić information content (AvgIpc) is 3.30. The van der Waals surface area contributed by atoms with Crippen molar-refractivity contribution in [2.75, 3.05) is 32.6 Å². The summed E-state index contributed by atoms with van der Waals surface area (Å²) in [6, 6.07) is 15.0. The summed E-state index contributed by atoms with van der Waals surface area (Å²) in [5.74, 6) is 0.986. The van der Waals surface area contributed by atoms with E-state index in [-0.39, 0.29) is 23.7 Å². The van der Waals surface area contributed by atoms with Crippen molar-refractivity contribution < 1.29 is 19.1 Å². The lowest BCUT2D eigenvalue weighted by atomic mass is 9.95. The molecule has 2 aromatic carbocycles. The van der Waals surface area contributed by atoms with Crippen LogP contribution in [-0.4, -0.2) is 58.8 Å². The maximum atomic E-state index is 12.9. The summed E-state index contributed by atoms with van der Waals surface area (Å²) in [4.78, 5) is 31.6. The van der Waals surface area contributed by atoms with Gasteiger partial charge in [0, 0.05) is 30.6 Å². The molecule has 3 aromatic rings. The van der Waals surface area contributed by atoms with Crippen molar-refractivity contribution in [1.29, 1.82) is 0 Å². The van der Waals surface area contributed by atoms with Gasteiger partial charge in [-0.2, -0.15) is 0 Å². The summed E-state index contributed by atoms with van der Waals surface area (Å²) in [5, 5.41) is 7.15. The molecular formula is C24H27N5O4. The van der Waals surface area contributed by atoms with Gasteiger partial charge in [0.1, 0.15) is 17.8 Å². The van der Waals surface area contributed by atoms with E-state index in [0.717, 1.165) is 5.56 Å². The summed E-state index contributed by atoms with van der Waals surface area (Å²) in [6.07, 6.45) is 2.75. The number of piperidine rings is 1. The Balaban J connectivity index is 1.31. The minimum absolute atomic E-state index is 0.104. The van der Waals surface area contributed by atoms with Crippen molar-refractivity contribution in [3.05, 3.63) is 66.0 Å². The number of carbonyl (C=O) groups excluding carboxylic acids is 2. The Morgan fingerprint density at radius 1 is 1.03 bits per heavy atom. The van der Waals surface area contributed by atoms with Crippen LogP contribution in [0.15, 0.2) is 54.9 Å². The third kappa shape index (κ3) is 5.49. The summed E-state index contributed by atoms with van der Waals surface area (Å²) < 4.78 is 12.2. The fourth-order valence-electron chi connectivity index (χ4n) is 3.87. The van der Waals surface area contributed by atoms with Gasteiger partial charge in [-0.1, -0.05) is 30.3 Å². The van der Waals surface area contributed by atoms with Gasteiger partial charge in [0.25, 0.3) is 5.91 Å². The number of hydrogen-bond donors (Lipinski definition) is 1. The molecule has 1 saturated heterocycles. The van der Waals surface area contributed by atoms with Crippen LogP contribution in [0.25, 0.3) is 0 Å². The minimum Gasteiger partial charge on any atom is -0.497 e. The number of amides is 2. The van der Waals surface area contributed by atoms with E-state index in [1.54, 1.807) is 48.3 Å². The molecule has 9 heteroatoms. The lowest BCUT2D eigenvalue weighted by molar-refractivity contribution is -0.121. The fourth-order valence-corrected chi connectivity index (χ4v) is 3.87.